The van der Waals surface area contributed by atoms with Crippen LogP contribution in [-0.2, 0) is 6.42 Å². The lowest BCUT2D eigenvalue weighted by atomic mass is 10.1. The predicted octanol–water partition coefficient (Wildman–Crippen LogP) is 2.97. The maximum Gasteiger partial charge on any atom is 0.113 e. The number of aryl methyl sites for hydroxylation is 1. The fourth-order valence-corrected chi connectivity index (χ4v) is 2.91. The molecule has 3 aromatic rings. The molecule has 1 aliphatic carbocycles. The molecular weight excluding hydrogens is 222 g/mol. The van der Waals surface area contributed by atoms with Crippen LogP contribution >= 0.6 is 0 Å². The molecule has 0 unspecified atom stereocenters. The van der Waals surface area contributed by atoms with Gasteiger partial charge in [-0.1, -0.05) is 41.6 Å². The first-order valence-corrected chi connectivity index (χ1v) is 6.31. The summed E-state index contributed by atoms with van der Waals surface area (Å²) in [5.74, 6) is 0. The molecule has 1 atom stereocenters. The molecule has 0 saturated heterocycles. The highest BCUT2D eigenvalue weighted by Gasteiger charge is 2.25. The van der Waals surface area contributed by atoms with Gasteiger partial charge in [0.2, 0.25) is 0 Å². The molecule has 0 spiro atoms. The van der Waals surface area contributed by atoms with E-state index in [0.717, 1.165) is 23.9 Å². The molecule has 3 heteroatoms. The third-order valence-electron chi connectivity index (χ3n) is 3.77. The normalized spacial score (nSPS) is 18.1. The quantitative estimate of drug-likeness (QED) is 0.649. The monoisotopic (exact) mass is 235 g/mol. The number of rotatable bonds is 1. The molecule has 1 heterocycles. The fourth-order valence-electron chi connectivity index (χ4n) is 2.91. The van der Waals surface area contributed by atoms with Gasteiger partial charge in [-0.25, -0.2) is 4.68 Å². The van der Waals surface area contributed by atoms with Crippen LogP contribution in [0, 0.1) is 0 Å². The molecule has 0 aliphatic heterocycles. The summed E-state index contributed by atoms with van der Waals surface area (Å²) < 4.78 is 2.07. The van der Waals surface area contributed by atoms with Gasteiger partial charge in [0, 0.05) is 0 Å². The van der Waals surface area contributed by atoms with Crippen LogP contribution < -0.4 is 0 Å². The number of aromatic nitrogens is 3. The molecule has 0 N–H and O–H groups in total. The lowest BCUT2D eigenvalue weighted by Gasteiger charge is -2.12. The highest BCUT2D eigenvalue weighted by atomic mass is 15.4. The Morgan fingerprint density at radius 2 is 1.83 bits per heavy atom. The Hall–Kier alpha value is -2.16. The van der Waals surface area contributed by atoms with Crippen LogP contribution in [0.1, 0.15) is 23.6 Å². The Kier molecular flexibility index (Phi) is 2.00. The van der Waals surface area contributed by atoms with Crippen molar-refractivity contribution in [3.63, 3.8) is 0 Å². The molecule has 0 amide bonds. The van der Waals surface area contributed by atoms with Gasteiger partial charge >= 0.3 is 0 Å². The van der Waals surface area contributed by atoms with Crippen LogP contribution in [0.2, 0.25) is 0 Å². The molecule has 0 radical (unpaired) electrons. The van der Waals surface area contributed by atoms with Crippen molar-refractivity contribution in [1.29, 1.82) is 0 Å². The minimum absolute atomic E-state index is 0.341. The van der Waals surface area contributed by atoms with Crippen LogP contribution in [0.15, 0.2) is 48.5 Å². The lowest BCUT2D eigenvalue weighted by Crippen LogP contribution is -2.08. The van der Waals surface area contributed by atoms with Crippen molar-refractivity contribution in [3.05, 3.63) is 59.7 Å². The zero-order valence-corrected chi connectivity index (χ0v) is 9.95. The fraction of sp³-hybridized carbons (Fsp3) is 0.200. The molecule has 1 aromatic heterocycles. The zero-order chi connectivity index (χ0) is 11.9. The second-order valence-electron chi connectivity index (χ2n) is 4.78. The second-order valence-corrected chi connectivity index (χ2v) is 4.78. The summed E-state index contributed by atoms with van der Waals surface area (Å²) >= 11 is 0. The Bertz CT molecular complexity index is 714. The van der Waals surface area contributed by atoms with Crippen molar-refractivity contribution in [2.75, 3.05) is 0 Å². The topological polar surface area (TPSA) is 30.7 Å². The van der Waals surface area contributed by atoms with Gasteiger partial charge in [-0.3, -0.25) is 0 Å². The van der Waals surface area contributed by atoms with Gasteiger partial charge in [-0.05, 0) is 36.1 Å². The first-order valence-electron chi connectivity index (χ1n) is 6.31. The molecule has 0 fully saturated rings. The van der Waals surface area contributed by atoms with Gasteiger partial charge in [0.05, 0.1) is 11.6 Å². The molecule has 2 aromatic carbocycles. The van der Waals surface area contributed by atoms with Crippen LogP contribution in [0.4, 0.5) is 0 Å². The van der Waals surface area contributed by atoms with Gasteiger partial charge in [0.1, 0.15) is 5.52 Å². The maximum absolute atomic E-state index is 4.34. The Morgan fingerprint density at radius 1 is 1.00 bits per heavy atom. The first-order chi connectivity index (χ1) is 8.93. The van der Waals surface area contributed by atoms with Gasteiger partial charge in [0.25, 0.3) is 0 Å². The largest absolute Gasteiger partial charge is 0.237 e. The number of hydrogen-bond acceptors (Lipinski definition) is 2. The molecule has 18 heavy (non-hydrogen) atoms. The SMILES string of the molecule is c1ccc2c(c1)CC[C@H]2n1nnc2ccccc21. The molecule has 0 bridgehead atoms. The van der Waals surface area contributed by atoms with E-state index in [2.05, 4.69) is 45.3 Å². The molecule has 1 aliphatic rings. The summed E-state index contributed by atoms with van der Waals surface area (Å²) in [5, 5.41) is 8.59. The van der Waals surface area contributed by atoms with Crippen molar-refractivity contribution in [2.24, 2.45) is 0 Å². The van der Waals surface area contributed by atoms with E-state index in [1.807, 2.05) is 18.2 Å². The summed E-state index contributed by atoms with van der Waals surface area (Å²) in [5.41, 5.74) is 4.94. The third kappa shape index (κ3) is 1.30. The molecule has 4 rings (SSSR count). The average molecular weight is 235 g/mol. The predicted molar refractivity (Wildman–Crippen MR) is 70.4 cm³/mol. The van der Waals surface area contributed by atoms with Crippen LogP contribution in [0.3, 0.4) is 0 Å². The van der Waals surface area contributed by atoms with E-state index in [1.165, 1.54) is 11.1 Å². The van der Waals surface area contributed by atoms with Crippen molar-refractivity contribution >= 4 is 11.0 Å². The standard InChI is InChI=1S/C15H13N3/c1-2-6-12-11(5-1)9-10-14(12)18-15-8-4-3-7-13(15)16-17-18/h1-8,14H,9-10H2/t14-/m1/s1. The van der Waals surface area contributed by atoms with E-state index in [1.54, 1.807) is 0 Å². The molecule has 3 nitrogen and oxygen atoms in total. The van der Waals surface area contributed by atoms with Gasteiger partial charge in [-0.15, -0.1) is 5.10 Å². The van der Waals surface area contributed by atoms with Crippen LogP contribution in [-0.4, -0.2) is 15.0 Å². The van der Waals surface area contributed by atoms with E-state index in [0.29, 0.717) is 6.04 Å². The minimum atomic E-state index is 0.341. The van der Waals surface area contributed by atoms with Crippen molar-refractivity contribution in [2.45, 2.75) is 18.9 Å². The highest BCUT2D eigenvalue weighted by molar-refractivity contribution is 5.74. The summed E-state index contributed by atoms with van der Waals surface area (Å²) in [6.45, 7) is 0. The van der Waals surface area contributed by atoms with E-state index in [-0.39, 0.29) is 0 Å². The van der Waals surface area contributed by atoms with Crippen LogP contribution in [0.25, 0.3) is 11.0 Å². The number of nitrogens with zero attached hydrogens (tertiary/aromatic N) is 3. The van der Waals surface area contributed by atoms with E-state index in [9.17, 15) is 0 Å². The second kappa shape index (κ2) is 3.67. The minimum Gasteiger partial charge on any atom is -0.237 e. The number of hydrogen-bond donors (Lipinski definition) is 0. The first kappa shape index (κ1) is 9.83. The van der Waals surface area contributed by atoms with Crippen molar-refractivity contribution in [1.82, 2.24) is 15.0 Å². The average Bonchev–Trinajstić information content (AvgIpc) is 3.01. The summed E-state index contributed by atoms with van der Waals surface area (Å²) in [6.07, 6.45) is 2.25. The van der Waals surface area contributed by atoms with Gasteiger partial charge in [0.15, 0.2) is 0 Å². The molecule has 88 valence electrons. The summed E-state index contributed by atoms with van der Waals surface area (Å²) in [7, 11) is 0. The smallest absolute Gasteiger partial charge is 0.113 e. The summed E-state index contributed by atoms with van der Waals surface area (Å²) in [4.78, 5) is 0. The van der Waals surface area contributed by atoms with E-state index >= 15 is 0 Å². The maximum atomic E-state index is 4.34. The Labute approximate surface area is 105 Å². The van der Waals surface area contributed by atoms with Gasteiger partial charge in [-0.2, -0.15) is 0 Å². The van der Waals surface area contributed by atoms with Crippen LogP contribution in [0.5, 0.6) is 0 Å². The van der Waals surface area contributed by atoms with Crippen molar-refractivity contribution < 1.29 is 0 Å². The van der Waals surface area contributed by atoms with E-state index < -0.39 is 0 Å². The summed E-state index contributed by atoms with van der Waals surface area (Å²) in [6, 6.07) is 17.1. The Morgan fingerprint density at radius 3 is 2.83 bits per heavy atom. The zero-order valence-electron chi connectivity index (χ0n) is 9.95. The Balaban J connectivity index is 1.90. The third-order valence-corrected chi connectivity index (χ3v) is 3.77. The van der Waals surface area contributed by atoms with Crippen molar-refractivity contribution in [3.8, 4) is 0 Å². The number of benzene rings is 2. The molecule has 0 saturated carbocycles. The highest BCUT2D eigenvalue weighted by Crippen LogP contribution is 2.34. The number of fused-ring (bicyclic) bond motifs is 2. The van der Waals surface area contributed by atoms with Gasteiger partial charge < -0.3 is 0 Å². The van der Waals surface area contributed by atoms with E-state index in [4.69, 9.17) is 0 Å². The lowest BCUT2D eigenvalue weighted by molar-refractivity contribution is 0.518. The number of para-hydroxylation sites is 1. The molecular formula is C15H13N3.